The first-order chi connectivity index (χ1) is 7.23. The molecule has 0 fully saturated rings. The highest BCUT2D eigenvalue weighted by Crippen LogP contribution is 2.37. The maximum atomic E-state index is 12.9. The molecule has 0 aliphatic rings. The minimum absolute atomic E-state index is 0.131. The fourth-order valence-corrected chi connectivity index (χ4v) is 1.33. The molecule has 1 aromatic rings. The molecular formula is C10H11F4NO. The van der Waals surface area contributed by atoms with Crippen molar-refractivity contribution in [3.05, 3.63) is 29.6 Å². The zero-order valence-electron chi connectivity index (χ0n) is 8.72. The quantitative estimate of drug-likeness (QED) is 0.799. The summed E-state index contributed by atoms with van der Waals surface area (Å²) in [6, 6.07) is 2.93. The first kappa shape index (κ1) is 12.8. The van der Waals surface area contributed by atoms with E-state index in [0.717, 1.165) is 6.07 Å². The Bertz CT molecular complexity index is 376. The van der Waals surface area contributed by atoms with Gasteiger partial charge >= 0.3 is 6.18 Å². The van der Waals surface area contributed by atoms with Crippen LogP contribution in [-0.2, 0) is 0 Å². The molecule has 1 atom stereocenters. The number of aliphatic hydroxyl groups is 1. The Morgan fingerprint density at radius 2 is 1.81 bits per heavy atom. The van der Waals surface area contributed by atoms with Gasteiger partial charge in [-0.2, -0.15) is 13.2 Å². The van der Waals surface area contributed by atoms with E-state index in [0.29, 0.717) is 6.07 Å². The van der Waals surface area contributed by atoms with E-state index in [1.807, 2.05) is 0 Å². The molecule has 1 unspecified atom stereocenters. The third-order valence-electron chi connectivity index (χ3n) is 2.08. The van der Waals surface area contributed by atoms with Gasteiger partial charge in [0.05, 0.1) is 0 Å². The first-order valence-electron chi connectivity index (χ1n) is 4.45. The van der Waals surface area contributed by atoms with Gasteiger partial charge in [0.1, 0.15) is 5.82 Å². The molecule has 0 heterocycles. The Morgan fingerprint density at radius 3 is 2.25 bits per heavy atom. The van der Waals surface area contributed by atoms with E-state index in [4.69, 9.17) is 5.11 Å². The van der Waals surface area contributed by atoms with Crippen molar-refractivity contribution >= 4 is 5.69 Å². The third kappa shape index (κ3) is 2.63. The molecule has 0 aliphatic heterocycles. The largest absolute Gasteiger partial charge is 0.418 e. The first-order valence-corrected chi connectivity index (χ1v) is 4.45. The standard InChI is InChI=1S/C10H11F4NO/c1-15(2)8-4-3-6(11)5-7(8)9(16)10(12,13)14/h3-5,9,16H,1-2H3. The van der Waals surface area contributed by atoms with Crippen LogP contribution in [0.4, 0.5) is 23.2 Å². The van der Waals surface area contributed by atoms with Crippen molar-refractivity contribution in [2.75, 3.05) is 19.0 Å². The smallest absolute Gasteiger partial charge is 0.379 e. The van der Waals surface area contributed by atoms with Crippen molar-refractivity contribution in [2.45, 2.75) is 12.3 Å². The van der Waals surface area contributed by atoms with Crippen molar-refractivity contribution in [2.24, 2.45) is 0 Å². The summed E-state index contributed by atoms with van der Waals surface area (Å²) in [5, 5.41) is 9.09. The Balaban J connectivity index is 3.25. The molecule has 0 saturated heterocycles. The SMILES string of the molecule is CN(C)c1ccc(F)cc1C(O)C(F)(F)F. The summed E-state index contributed by atoms with van der Waals surface area (Å²) in [5.74, 6) is -0.816. The fraction of sp³-hybridized carbons (Fsp3) is 0.400. The molecule has 1 aromatic carbocycles. The minimum Gasteiger partial charge on any atom is -0.379 e. The van der Waals surface area contributed by atoms with E-state index in [-0.39, 0.29) is 5.69 Å². The molecule has 90 valence electrons. The van der Waals surface area contributed by atoms with E-state index in [9.17, 15) is 17.6 Å². The number of alkyl halides is 3. The number of aliphatic hydroxyl groups excluding tert-OH is 1. The van der Waals surface area contributed by atoms with E-state index in [1.165, 1.54) is 25.1 Å². The Kier molecular flexibility index (Phi) is 3.42. The summed E-state index contributed by atoms with van der Waals surface area (Å²) >= 11 is 0. The zero-order valence-corrected chi connectivity index (χ0v) is 8.72. The second kappa shape index (κ2) is 4.29. The molecule has 0 amide bonds. The number of hydrogen-bond donors (Lipinski definition) is 1. The van der Waals surface area contributed by atoms with Crippen LogP contribution in [0.1, 0.15) is 11.7 Å². The number of rotatable bonds is 2. The van der Waals surface area contributed by atoms with Gasteiger partial charge in [0, 0.05) is 25.3 Å². The predicted octanol–water partition coefficient (Wildman–Crippen LogP) is 2.49. The van der Waals surface area contributed by atoms with Crippen LogP contribution < -0.4 is 4.90 Å². The number of anilines is 1. The maximum absolute atomic E-state index is 12.9. The number of benzene rings is 1. The molecule has 0 aliphatic carbocycles. The summed E-state index contributed by atoms with van der Waals surface area (Å²) in [6.45, 7) is 0. The van der Waals surface area contributed by atoms with Gasteiger partial charge in [0.2, 0.25) is 0 Å². The highest BCUT2D eigenvalue weighted by atomic mass is 19.4. The third-order valence-corrected chi connectivity index (χ3v) is 2.08. The lowest BCUT2D eigenvalue weighted by Gasteiger charge is -2.22. The summed E-state index contributed by atoms with van der Waals surface area (Å²) < 4.78 is 49.8. The lowest BCUT2D eigenvalue weighted by atomic mass is 10.1. The maximum Gasteiger partial charge on any atom is 0.418 e. The highest BCUT2D eigenvalue weighted by molar-refractivity contribution is 5.54. The second-order valence-electron chi connectivity index (χ2n) is 3.54. The molecule has 0 bridgehead atoms. The molecule has 2 nitrogen and oxygen atoms in total. The van der Waals surface area contributed by atoms with Crippen molar-refractivity contribution in [3.63, 3.8) is 0 Å². The van der Waals surface area contributed by atoms with Crippen LogP contribution in [0.15, 0.2) is 18.2 Å². The van der Waals surface area contributed by atoms with Gasteiger partial charge in [0.25, 0.3) is 0 Å². The van der Waals surface area contributed by atoms with Gasteiger partial charge in [-0.05, 0) is 18.2 Å². The summed E-state index contributed by atoms with van der Waals surface area (Å²) in [6.07, 6.45) is -7.49. The van der Waals surface area contributed by atoms with E-state index >= 15 is 0 Å². The minimum atomic E-state index is -4.81. The van der Waals surface area contributed by atoms with Crippen molar-refractivity contribution < 1.29 is 22.7 Å². The predicted molar refractivity (Wildman–Crippen MR) is 51.7 cm³/mol. The molecule has 0 saturated carbocycles. The number of nitrogens with zero attached hydrogens (tertiary/aromatic N) is 1. The van der Waals surface area contributed by atoms with E-state index in [2.05, 4.69) is 0 Å². The van der Waals surface area contributed by atoms with Gasteiger partial charge in [0.15, 0.2) is 6.10 Å². The van der Waals surface area contributed by atoms with Crippen LogP contribution in [0.3, 0.4) is 0 Å². The van der Waals surface area contributed by atoms with E-state index in [1.54, 1.807) is 0 Å². The van der Waals surface area contributed by atoms with Crippen LogP contribution in [0.5, 0.6) is 0 Å². The average molecular weight is 237 g/mol. The van der Waals surface area contributed by atoms with Gasteiger partial charge in [-0.25, -0.2) is 4.39 Å². The normalized spacial score (nSPS) is 13.7. The molecule has 1 rings (SSSR count). The van der Waals surface area contributed by atoms with Gasteiger partial charge in [-0.15, -0.1) is 0 Å². The molecule has 16 heavy (non-hydrogen) atoms. The summed E-state index contributed by atoms with van der Waals surface area (Å²) in [7, 11) is 3.03. The molecule has 0 radical (unpaired) electrons. The number of hydrogen-bond acceptors (Lipinski definition) is 2. The van der Waals surface area contributed by atoms with Gasteiger partial charge in [-0.1, -0.05) is 0 Å². The van der Waals surface area contributed by atoms with Crippen LogP contribution in [0, 0.1) is 5.82 Å². The molecule has 0 aromatic heterocycles. The van der Waals surface area contributed by atoms with Gasteiger partial charge < -0.3 is 10.0 Å². The second-order valence-corrected chi connectivity index (χ2v) is 3.54. The van der Waals surface area contributed by atoms with Crippen LogP contribution >= 0.6 is 0 Å². The molecule has 0 spiro atoms. The van der Waals surface area contributed by atoms with Crippen molar-refractivity contribution in [1.29, 1.82) is 0 Å². The van der Waals surface area contributed by atoms with Crippen LogP contribution in [0.25, 0.3) is 0 Å². The highest BCUT2D eigenvalue weighted by Gasteiger charge is 2.40. The summed E-state index contributed by atoms with van der Waals surface area (Å²) in [5.41, 5.74) is -0.358. The molecule has 1 N–H and O–H groups in total. The molecule has 6 heteroatoms. The average Bonchev–Trinajstić information content (AvgIpc) is 2.14. The molecular weight excluding hydrogens is 226 g/mol. The van der Waals surface area contributed by atoms with Gasteiger partial charge in [-0.3, -0.25) is 0 Å². The van der Waals surface area contributed by atoms with E-state index < -0.39 is 23.7 Å². The van der Waals surface area contributed by atoms with Crippen molar-refractivity contribution in [1.82, 2.24) is 0 Å². The summed E-state index contributed by atoms with van der Waals surface area (Å²) in [4.78, 5) is 1.38. The van der Waals surface area contributed by atoms with Crippen LogP contribution in [0.2, 0.25) is 0 Å². The van der Waals surface area contributed by atoms with Crippen LogP contribution in [-0.4, -0.2) is 25.4 Å². The van der Waals surface area contributed by atoms with Crippen molar-refractivity contribution in [3.8, 4) is 0 Å². The lowest BCUT2D eigenvalue weighted by molar-refractivity contribution is -0.206. The Hall–Kier alpha value is -1.30. The zero-order chi connectivity index (χ0) is 12.5. The Labute approximate surface area is 90.1 Å². The fourth-order valence-electron chi connectivity index (χ4n) is 1.33. The Morgan fingerprint density at radius 1 is 1.25 bits per heavy atom. The topological polar surface area (TPSA) is 23.5 Å². The lowest BCUT2D eigenvalue weighted by Crippen LogP contribution is -2.23. The number of halogens is 4. The monoisotopic (exact) mass is 237 g/mol.